The summed E-state index contributed by atoms with van der Waals surface area (Å²) in [4.78, 5) is 14.7. The molecule has 0 spiro atoms. The second-order valence-electron chi connectivity index (χ2n) is 5.73. The number of nitrogens with two attached hydrogens (primary N) is 1. The number of carbonyl (C=O) groups excluding carboxylic acids is 1. The highest BCUT2D eigenvalue weighted by Gasteiger charge is 2.38. The van der Waals surface area contributed by atoms with Crippen LogP contribution in [0.3, 0.4) is 0 Å². The van der Waals surface area contributed by atoms with Gasteiger partial charge in [0.1, 0.15) is 0 Å². The van der Waals surface area contributed by atoms with Crippen LogP contribution in [0.5, 0.6) is 0 Å². The maximum Gasteiger partial charge on any atom is 0.226 e. The summed E-state index contributed by atoms with van der Waals surface area (Å²) < 4.78 is 0. The third-order valence-corrected chi connectivity index (χ3v) is 4.63. The van der Waals surface area contributed by atoms with Crippen LogP contribution >= 0.6 is 0 Å². The van der Waals surface area contributed by atoms with Gasteiger partial charge in [-0.3, -0.25) is 4.79 Å². The van der Waals surface area contributed by atoms with Gasteiger partial charge in [0.25, 0.3) is 0 Å². The average Bonchev–Trinajstić information content (AvgIpc) is 3.03. The van der Waals surface area contributed by atoms with Crippen LogP contribution in [-0.2, 0) is 4.79 Å². The van der Waals surface area contributed by atoms with Crippen LogP contribution in [0, 0.1) is 11.8 Å². The topological polar surface area (TPSA) is 66.6 Å². The van der Waals surface area contributed by atoms with Crippen molar-refractivity contribution in [3.05, 3.63) is 0 Å². The molecule has 4 heteroatoms. The zero-order chi connectivity index (χ0) is 13.0. The van der Waals surface area contributed by atoms with Crippen molar-refractivity contribution in [1.29, 1.82) is 0 Å². The van der Waals surface area contributed by atoms with Crippen LogP contribution in [0.1, 0.15) is 44.9 Å². The zero-order valence-electron chi connectivity index (χ0n) is 11.2. The van der Waals surface area contributed by atoms with E-state index >= 15 is 0 Å². The van der Waals surface area contributed by atoms with E-state index in [4.69, 9.17) is 10.8 Å². The quantitative estimate of drug-likeness (QED) is 0.773. The van der Waals surface area contributed by atoms with E-state index in [1.54, 1.807) is 0 Å². The molecule has 2 aliphatic rings. The smallest absolute Gasteiger partial charge is 0.226 e. The number of likely N-dealkylation sites (tertiary alicyclic amines) is 1. The number of amides is 1. The van der Waals surface area contributed by atoms with Gasteiger partial charge in [-0.15, -0.1) is 0 Å². The van der Waals surface area contributed by atoms with Gasteiger partial charge in [0, 0.05) is 25.1 Å². The van der Waals surface area contributed by atoms with Gasteiger partial charge in [-0.05, 0) is 51.0 Å². The Kier molecular flexibility index (Phi) is 5.01. The van der Waals surface area contributed by atoms with Crippen molar-refractivity contribution < 1.29 is 9.90 Å². The van der Waals surface area contributed by atoms with Gasteiger partial charge in [0.05, 0.1) is 0 Å². The summed E-state index contributed by atoms with van der Waals surface area (Å²) in [6.07, 6.45) is 7.24. The van der Waals surface area contributed by atoms with Crippen LogP contribution in [0.4, 0.5) is 0 Å². The molecule has 0 bridgehead atoms. The Hall–Kier alpha value is -0.610. The number of rotatable bonds is 5. The van der Waals surface area contributed by atoms with Crippen molar-refractivity contribution in [3.8, 4) is 0 Å². The van der Waals surface area contributed by atoms with Gasteiger partial charge >= 0.3 is 0 Å². The molecule has 104 valence electrons. The molecule has 18 heavy (non-hydrogen) atoms. The molecule has 1 amide bonds. The molecule has 3 unspecified atom stereocenters. The Morgan fingerprint density at radius 2 is 2.11 bits per heavy atom. The molecule has 3 N–H and O–H groups in total. The van der Waals surface area contributed by atoms with E-state index in [0.717, 1.165) is 51.5 Å². The van der Waals surface area contributed by atoms with E-state index in [1.807, 2.05) is 0 Å². The maximum atomic E-state index is 12.6. The number of nitrogens with zero attached hydrogens (tertiary/aromatic N) is 1. The lowest BCUT2D eigenvalue weighted by molar-refractivity contribution is -0.137. The minimum Gasteiger partial charge on any atom is -0.396 e. The lowest BCUT2D eigenvalue weighted by Crippen LogP contribution is -2.41. The largest absolute Gasteiger partial charge is 0.396 e. The van der Waals surface area contributed by atoms with Crippen molar-refractivity contribution >= 4 is 5.91 Å². The van der Waals surface area contributed by atoms with Gasteiger partial charge < -0.3 is 15.7 Å². The molecule has 3 atom stereocenters. The molecular formula is C14H26N2O2. The van der Waals surface area contributed by atoms with Gasteiger partial charge in [-0.1, -0.05) is 6.42 Å². The Labute approximate surface area is 110 Å². The summed E-state index contributed by atoms with van der Waals surface area (Å²) >= 11 is 0. The molecule has 2 rings (SSSR count). The summed E-state index contributed by atoms with van der Waals surface area (Å²) in [6.45, 7) is 1.78. The Balaban J connectivity index is 1.94. The third-order valence-electron chi connectivity index (χ3n) is 4.63. The van der Waals surface area contributed by atoms with Gasteiger partial charge in [0.15, 0.2) is 0 Å². The van der Waals surface area contributed by atoms with Gasteiger partial charge in [-0.2, -0.15) is 0 Å². The number of aliphatic hydroxyl groups is 1. The highest BCUT2D eigenvalue weighted by Crippen LogP contribution is 2.34. The fourth-order valence-corrected chi connectivity index (χ4v) is 3.61. The third kappa shape index (κ3) is 2.86. The number of hydrogen-bond acceptors (Lipinski definition) is 3. The molecule has 0 aromatic heterocycles. The zero-order valence-corrected chi connectivity index (χ0v) is 11.2. The number of aliphatic hydroxyl groups excluding tert-OH is 1. The Morgan fingerprint density at radius 3 is 2.83 bits per heavy atom. The van der Waals surface area contributed by atoms with Crippen molar-refractivity contribution in [1.82, 2.24) is 4.90 Å². The molecule has 1 saturated heterocycles. The van der Waals surface area contributed by atoms with Crippen molar-refractivity contribution in [3.63, 3.8) is 0 Å². The predicted molar refractivity (Wildman–Crippen MR) is 70.9 cm³/mol. The first-order chi connectivity index (χ1) is 8.77. The summed E-state index contributed by atoms with van der Waals surface area (Å²) in [5.74, 6) is 0.907. The summed E-state index contributed by atoms with van der Waals surface area (Å²) in [5.41, 5.74) is 5.77. The molecule has 1 aliphatic carbocycles. The minimum atomic E-state index is 0.171. The second kappa shape index (κ2) is 6.53. The molecule has 1 saturated carbocycles. The Morgan fingerprint density at radius 1 is 1.28 bits per heavy atom. The lowest BCUT2D eigenvalue weighted by atomic mass is 9.94. The summed E-state index contributed by atoms with van der Waals surface area (Å²) in [7, 11) is 0. The molecule has 1 heterocycles. The molecule has 2 fully saturated rings. The monoisotopic (exact) mass is 254 g/mol. The molecule has 1 aliphatic heterocycles. The van der Waals surface area contributed by atoms with Gasteiger partial charge in [0.2, 0.25) is 5.91 Å². The van der Waals surface area contributed by atoms with Crippen molar-refractivity contribution in [2.75, 3.05) is 19.7 Å². The summed E-state index contributed by atoms with van der Waals surface area (Å²) in [6, 6.07) is 0.365. The maximum absolute atomic E-state index is 12.6. The van der Waals surface area contributed by atoms with Crippen LogP contribution in [0.2, 0.25) is 0 Å². The van der Waals surface area contributed by atoms with E-state index < -0.39 is 0 Å². The van der Waals surface area contributed by atoms with Crippen LogP contribution in [0.25, 0.3) is 0 Å². The first-order valence-electron chi connectivity index (χ1n) is 7.39. The highest BCUT2D eigenvalue weighted by atomic mass is 16.3. The van der Waals surface area contributed by atoms with Crippen LogP contribution in [0.15, 0.2) is 0 Å². The van der Waals surface area contributed by atoms with Crippen LogP contribution < -0.4 is 5.73 Å². The molecule has 0 radical (unpaired) electrons. The molecule has 4 nitrogen and oxygen atoms in total. The number of hydrogen-bond donors (Lipinski definition) is 2. The second-order valence-corrected chi connectivity index (χ2v) is 5.73. The minimum absolute atomic E-state index is 0.171. The van der Waals surface area contributed by atoms with Crippen LogP contribution in [-0.4, -0.2) is 41.7 Å². The Bertz CT molecular complexity index is 283. The first-order valence-corrected chi connectivity index (χ1v) is 7.39. The van der Waals surface area contributed by atoms with E-state index in [0.29, 0.717) is 24.4 Å². The first kappa shape index (κ1) is 13.8. The summed E-state index contributed by atoms with van der Waals surface area (Å²) in [5, 5.41) is 8.92. The predicted octanol–water partition coefficient (Wildman–Crippen LogP) is 1.12. The molecular weight excluding hydrogens is 228 g/mol. The fraction of sp³-hybridized carbons (Fsp3) is 0.929. The van der Waals surface area contributed by atoms with Crippen molar-refractivity contribution in [2.45, 2.75) is 51.0 Å². The van der Waals surface area contributed by atoms with E-state index in [1.165, 1.54) is 0 Å². The lowest BCUT2D eigenvalue weighted by Gasteiger charge is -2.29. The standard InChI is InChI=1S/C14H26N2O2/c15-10-11-4-1-7-13(11)14(18)16-8-2-5-12(16)6-3-9-17/h11-13,17H,1-10,15H2. The SMILES string of the molecule is NCC1CCCC1C(=O)N1CCCC1CCCO. The molecule has 0 aromatic carbocycles. The van der Waals surface area contributed by atoms with Gasteiger partial charge in [-0.25, -0.2) is 0 Å². The fourth-order valence-electron chi connectivity index (χ4n) is 3.61. The van der Waals surface area contributed by atoms with E-state index in [9.17, 15) is 4.79 Å². The van der Waals surface area contributed by atoms with E-state index in [2.05, 4.69) is 4.90 Å². The average molecular weight is 254 g/mol. The van der Waals surface area contributed by atoms with Crippen molar-refractivity contribution in [2.24, 2.45) is 17.6 Å². The normalized spacial score (nSPS) is 32.1. The van der Waals surface area contributed by atoms with E-state index in [-0.39, 0.29) is 12.5 Å². The number of carbonyl (C=O) groups is 1. The highest BCUT2D eigenvalue weighted by molar-refractivity contribution is 5.80. The molecule has 0 aromatic rings.